The zero-order valence-electron chi connectivity index (χ0n) is 14.3. The number of aromatic nitrogens is 4. The van der Waals surface area contributed by atoms with Crippen LogP contribution in [0.4, 0.5) is 11.6 Å². The fraction of sp³-hybridized carbons (Fsp3) is 0.294. The summed E-state index contributed by atoms with van der Waals surface area (Å²) in [4.78, 5) is 42.7. The molecule has 0 spiro atoms. The number of benzene rings is 1. The highest BCUT2D eigenvalue weighted by atomic mass is 16.4. The molecule has 1 aliphatic rings. The SMILES string of the molecule is Cc1ccccc1N1CCn2c1nc1c2c(=O)n(CC(=O)O)c(=O)n1C. The third kappa shape index (κ3) is 2.17. The van der Waals surface area contributed by atoms with Crippen LogP contribution in [0.15, 0.2) is 33.9 Å². The first-order valence-corrected chi connectivity index (χ1v) is 8.15. The number of hydrogen-bond acceptors (Lipinski definition) is 5. The van der Waals surface area contributed by atoms with Crippen molar-refractivity contribution < 1.29 is 9.90 Å². The van der Waals surface area contributed by atoms with E-state index in [0.29, 0.717) is 19.0 Å². The smallest absolute Gasteiger partial charge is 0.333 e. The molecule has 0 atom stereocenters. The summed E-state index contributed by atoms with van der Waals surface area (Å²) in [5.74, 6) is -0.666. The summed E-state index contributed by atoms with van der Waals surface area (Å²) >= 11 is 0. The third-order valence-electron chi connectivity index (χ3n) is 4.70. The third-order valence-corrected chi connectivity index (χ3v) is 4.70. The summed E-state index contributed by atoms with van der Waals surface area (Å²) < 4.78 is 3.71. The number of imidazole rings is 1. The van der Waals surface area contributed by atoms with Crippen LogP contribution in [0, 0.1) is 6.92 Å². The molecule has 2 aromatic heterocycles. The van der Waals surface area contributed by atoms with Crippen molar-refractivity contribution in [2.75, 3.05) is 11.4 Å². The summed E-state index contributed by atoms with van der Waals surface area (Å²) in [6, 6.07) is 7.86. The Hall–Kier alpha value is -3.36. The molecule has 1 aliphatic heterocycles. The van der Waals surface area contributed by atoms with E-state index in [1.165, 1.54) is 11.6 Å². The van der Waals surface area contributed by atoms with E-state index < -0.39 is 23.8 Å². The van der Waals surface area contributed by atoms with Gasteiger partial charge in [0.2, 0.25) is 5.95 Å². The molecule has 0 radical (unpaired) electrons. The van der Waals surface area contributed by atoms with E-state index in [4.69, 9.17) is 5.11 Å². The number of carboxylic acid groups (broad SMARTS) is 1. The van der Waals surface area contributed by atoms with E-state index in [1.54, 1.807) is 4.57 Å². The Labute approximate surface area is 147 Å². The molecule has 0 unspecified atom stereocenters. The lowest BCUT2D eigenvalue weighted by Crippen LogP contribution is -2.41. The molecule has 0 amide bonds. The van der Waals surface area contributed by atoms with E-state index in [-0.39, 0.29) is 11.2 Å². The van der Waals surface area contributed by atoms with Gasteiger partial charge in [-0.2, -0.15) is 4.98 Å². The van der Waals surface area contributed by atoms with Gasteiger partial charge in [0.15, 0.2) is 11.2 Å². The highest BCUT2D eigenvalue weighted by molar-refractivity contribution is 5.78. The molecule has 134 valence electrons. The van der Waals surface area contributed by atoms with Crippen LogP contribution < -0.4 is 16.1 Å². The van der Waals surface area contributed by atoms with Crippen molar-refractivity contribution in [3.05, 3.63) is 50.7 Å². The number of fused-ring (bicyclic) bond motifs is 3. The fourth-order valence-electron chi connectivity index (χ4n) is 3.45. The standard InChI is InChI=1S/C17H17N5O4/c1-10-5-3-4-6-11(10)20-7-8-21-13-14(18-16(20)21)19(2)17(26)22(15(13)25)9-12(23)24/h3-6H,7-9H2,1-2H3,(H,23,24). The second-order valence-electron chi connectivity index (χ2n) is 6.30. The van der Waals surface area contributed by atoms with Gasteiger partial charge >= 0.3 is 11.7 Å². The Morgan fingerprint density at radius 2 is 1.96 bits per heavy atom. The number of aliphatic carboxylic acids is 1. The molecule has 1 N–H and O–H groups in total. The predicted molar refractivity (Wildman–Crippen MR) is 95.1 cm³/mol. The number of carboxylic acids is 1. The monoisotopic (exact) mass is 355 g/mol. The van der Waals surface area contributed by atoms with Gasteiger partial charge in [-0.3, -0.25) is 14.2 Å². The molecule has 3 heterocycles. The van der Waals surface area contributed by atoms with Crippen molar-refractivity contribution in [3.63, 3.8) is 0 Å². The maximum atomic E-state index is 12.8. The summed E-state index contributed by atoms with van der Waals surface area (Å²) in [5, 5.41) is 9.01. The highest BCUT2D eigenvalue weighted by Crippen LogP contribution is 2.33. The molecule has 0 aliphatic carbocycles. The number of anilines is 2. The van der Waals surface area contributed by atoms with Gasteiger partial charge in [-0.05, 0) is 18.6 Å². The second-order valence-corrected chi connectivity index (χ2v) is 6.30. The first-order valence-electron chi connectivity index (χ1n) is 8.15. The molecule has 0 bridgehead atoms. The topological polar surface area (TPSA) is 102 Å². The summed E-state index contributed by atoms with van der Waals surface area (Å²) in [6.07, 6.45) is 0. The number of rotatable bonds is 3. The molecular weight excluding hydrogens is 338 g/mol. The van der Waals surface area contributed by atoms with Crippen molar-refractivity contribution in [2.24, 2.45) is 7.05 Å². The number of aryl methyl sites for hydroxylation is 2. The number of carbonyl (C=O) groups is 1. The van der Waals surface area contributed by atoms with Crippen LogP contribution in [0.2, 0.25) is 0 Å². The quantitative estimate of drug-likeness (QED) is 0.731. The Kier molecular flexibility index (Phi) is 3.46. The lowest BCUT2D eigenvalue weighted by atomic mass is 10.2. The van der Waals surface area contributed by atoms with Gasteiger partial charge in [-0.1, -0.05) is 18.2 Å². The zero-order chi connectivity index (χ0) is 18.6. The molecule has 3 aromatic rings. The maximum Gasteiger partial charge on any atom is 0.333 e. The van der Waals surface area contributed by atoms with Gasteiger partial charge < -0.3 is 14.6 Å². The maximum absolute atomic E-state index is 12.8. The van der Waals surface area contributed by atoms with Gasteiger partial charge in [0.05, 0.1) is 0 Å². The van der Waals surface area contributed by atoms with Gasteiger partial charge in [0.25, 0.3) is 5.56 Å². The van der Waals surface area contributed by atoms with Gasteiger partial charge in [-0.15, -0.1) is 0 Å². The Morgan fingerprint density at radius 3 is 2.65 bits per heavy atom. The minimum Gasteiger partial charge on any atom is -0.480 e. The van der Waals surface area contributed by atoms with Crippen molar-refractivity contribution in [2.45, 2.75) is 20.0 Å². The lowest BCUT2D eigenvalue weighted by Gasteiger charge is -2.18. The van der Waals surface area contributed by atoms with Crippen LogP contribution in [0.1, 0.15) is 5.56 Å². The minimum atomic E-state index is -1.24. The van der Waals surface area contributed by atoms with Crippen molar-refractivity contribution >= 4 is 28.8 Å². The first kappa shape index (κ1) is 16.1. The van der Waals surface area contributed by atoms with Crippen LogP contribution >= 0.6 is 0 Å². The average molecular weight is 355 g/mol. The average Bonchev–Trinajstić information content (AvgIpc) is 3.16. The summed E-state index contributed by atoms with van der Waals surface area (Å²) in [7, 11) is 1.49. The van der Waals surface area contributed by atoms with Crippen molar-refractivity contribution in [1.29, 1.82) is 0 Å². The van der Waals surface area contributed by atoms with Crippen molar-refractivity contribution in [1.82, 2.24) is 18.7 Å². The number of nitrogens with zero attached hydrogens (tertiary/aromatic N) is 5. The van der Waals surface area contributed by atoms with E-state index >= 15 is 0 Å². The Morgan fingerprint density at radius 1 is 1.23 bits per heavy atom. The Bertz CT molecular complexity index is 1170. The normalized spacial score (nSPS) is 13.4. The van der Waals surface area contributed by atoms with E-state index in [2.05, 4.69) is 4.98 Å². The largest absolute Gasteiger partial charge is 0.480 e. The Balaban J connectivity index is 1.99. The molecule has 0 saturated carbocycles. The van der Waals surface area contributed by atoms with Gasteiger partial charge in [0, 0.05) is 25.8 Å². The van der Waals surface area contributed by atoms with Crippen LogP contribution in [-0.2, 0) is 24.9 Å². The van der Waals surface area contributed by atoms with Crippen molar-refractivity contribution in [3.8, 4) is 0 Å². The molecule has 1 aromatic carbocycles. The summed E-state index contributed by atoms with van der Waals surface area (Å²) in [5.41, 5.74) is 1.25. The second kappa shape index (κ2) is 5.58. The minimum absolute atomic E-state index is 0.249. The van der Waals surface area contributed by atoms with E-state index in [0.717, 1.165) is 15.8 Å². The molecule has 0 saturated heterocycles. The highest BCUT2D eigenvalue weighted by Gasteiger charge is 2.29. The fourth-order valence-corrected chi connectivity index (χ4v) is 3.45. The van der Waals surface area contributed by atoms with Crippen LogP contribution in [0.5, 0.6) is 0 Å². The molecule has 0 fully saturated rings. The lowest BCUT2D eigenvalue weighted by molar-refractivity contribution is -0.137. The predicted octanol–water partition coefficient (Wildman–Crippen LogP) is 0.441. The number of para-hydroxylation sites is 1. The van der Waals surface area contributed by atoms with Crippen LogP contribution in [-0.4, -0.2) is 36.3 Å². The molecule has 4 rings (SSSR count). The van der Waals surface area contributed by atoms with E-state index in [1.807, 2.05) is 36.1 Å². The van der Waals surface area contributed by atoms with E-state index in [9.17, 15) is 14.4 Å². The first-order chi connectivity index (χ1) is 12.4. The zero-order valence-corrected chi connectivity index (χ0v) is 14.3. The molecule has 9 heteroatoms. The van der Waals surface area contributed by atoms with Crippen LogP contribution in [0.3, 0.4) is 0 Å². The van der Waals surface area contributed by atoms with Gasteiger partial charge in [-0.25, -0.2) is 9.36 Å². The molecule has 26 heavy (non-hydrogen) atoms. The number of hydrogen-bond donors (Lipinski definition) is 1. The molecular formula is C17H17N5O4. The van der Waals surface area contributed by atoms with Gasteiger partial charge in [0.1, 0.15) is 6.54 Å². The molecule has 9 nitrogen and oxygen atoms in total. The van der Waals surface area contributed by atoms with Crippen LogP contribution in [0.25, 0.3) is 11.2 Å². The summed E-state index contributed by atoms with van der Waals surface area (Å²) in [6.45, 7) is 2.49.